The van der Waals surface area contributed by atoms with Crippen LogP contribution in [0, 0.1) is 23.2 Å². The van der Waals surface area contributed by atoms with Crippen LogP contribution < -0.4 is 10.9 Å². The number of nitrogens with one attached hydrogen (secondary N) is 2. The molecule has 3 N–H and O–H groups in total. The van der Waals surface area contributed by atoms with Crippen LogP contribution in [0.2, 0.25) is 0 Å². The summed E-state index contributed by atoms with van der Waals surface area (Å²) in [6.45, 7) is 0. The van der Waals surface area contributed by atoms with Gasteiger partial charge >= 0.3 is 6.18 Å². The van der Waals surface area contributed by atoms with Crippen molar-refractivity contribution in [2.45, 2.75) is 49.4 Å². The third-order valence-corrected chi connectivity index (χ3v) is 7.45. The van der Waals surface area contributed by atoms with Gasteiger partial charge in [0.1, 0.15) is 5.39 Å². The second-order valence-corrected chi connectivity index (χ2v) is 9.33. The molecule has 10 heteroatoms. The molecule has 7 nitrogen and oxygen atoms in total. The second-order valence-electron chi connectivity index (χ2n) is 9.33. The largest absolute Gasteiger partial charge is 0.421 e. The lowest BCUT2D eigenvalue weighted by atomic mass is 9.95. The number of aromatic amines is 1. The predicted molar refractivity (Wildman–Crippen MR) is 113 cm³/mol. The fourth-order valence-corrected chi connectivity index (χ4v) is 5.51. The maximum atomic E-state index is 13.4. The van der Waals surface area contributed by atoms with Gasteiger partial charge < -0.3 is 15.4 Å². The number of nitriles is 1. The standard InChI is InChI=1S/C23H20F3N5O2/c24-23(25,26)22(33)7-5-12-9-15(3-4-16(12)22)29-19-18-17(6-8-28-20(18)32)31(30-19)21(13-1-2-13)10-14(21)11-27/h3-4,6,8-9,13-14,33H,1-2,5,7,10H2,(H,28,32)(H,29,30). The summed E-state index contributed by atoms with van der Waals surface area (Å²) in [6.07, 6.45) is -0.835. The number of pyridine rings is 1. The summed E-state index contributed by atoms with van der Waals surface area (Å²) in [7, 11) is 0. The molecule has 2 saturated carbocycles. The minimum atomic E-state index is -4.76. The maximum absolute atomic E-state index is 13.4. The highest BCUT2D eigenvalue weighted by Crippen LogP contribution is 2.63. The Labute approximate surface area is 185 Å². The Hall–Kier alpha value is -3.32. The number of aliphatic hydroxyl groups is 1. The number of aromatic nitrogens is 3. The van der Waals surface area contributed by atoms with Gasteiger partial charge in [0.05, 0.1) is 23.0 Å². The van der Waals surface area contributed by atoms with E-state index in [9.17, 15) is 28.3 Å². The summed E-state index contributed by atoms with van der Waals surface area (Å²) in [6, 6.07) is 8.41. The highest BCUT2D eigenvalue weighted by molar-refractivity contribution is 5.91. The predicted octanol–water partition coefficient (Wildman–Crippen LogP) is 3.81. The van der Waals surface area contributed by atoms with E-state index < -0.39 is 23.7 Å². The average Bonchev–Trinajstić information content (AvgIpc) is 3.67. The Balaban J connectivity index is 1.42. The first kappa shape index (κ1) is 20.3. The number of halogens is 3. The molecule has 0 bridgehead atoms. The van der Waals surface area contributed by atoms with Gasteiger partial charge in [-0.05, 0) is 67.3 Å². The van der Waals surface area contributed by atoms with Crippen molar-refractivity contribution in [3.05, 3.63) is 51.9 Å². The van der Waals surface area contributed by atoms with Crippen LogP contribution in [0.15, 0.2) is 35.3 Å². The molecular formula is C23H20F3N5O2. The summed E-state index contributed by atoms with van der Waals surface area (Å²) in [5.74, 6) is 0.470. The quantitative estimate of drug-likeness (QED) is 0.555. The van der Waals surface area contributed by atoms with Crippen molar-refractivity contribution < 1.29 is 18.3 Å². The Morgan fingerprint density at radius 1 is 1.30 bits per heavy atom. The molecule has 2 fully saturated rings. The van der Waals surface area contributed by atoms with Gasteiger partial charge in [0.2, 0.25) is 0 Å². The van der Waals surface area contributed by atoms with Crippen LogP contribution in [0.4, 0.5) is 24.7 Å². The first-order valence-corrected chi connectivity index (χ1v) is 10.9. The number of H-pyrrole nitrogens is 1. The molecule has 3 aliphatic carbocycles. The number of benzene rings is 1. The molecule has 3 aromatic rings. The van der Waals surface area contributed by atoms with Crippen molar-refractivity contribution in [2.24, 2.45) is 11.8 Å². The van der Waals surface area contributed by atoms with Crippen LogP contribution in [-0.2, 0) is 17.6 Å². The Bertz CT molecular complexity index is 1400. The maximum Gasteiger partial charge on any atom is 0.421 e. The van der Waals surface area contributed by atoms with E-state index in [0.29, 0.717) is 40.3 Å². The van der Waals surface area contributed by atoms with E-state index in [1.54, 1.807) is 23.0 Å². The molecule has 0 amide bonds. The summed E-state index contributed by atoms with van der Waals surface area (Å²) >= 11 is 0. The number of hydrogen-bond donors (Lipinski definition) is 3. The highest BCUT2D eigenvalue weighted by Gasteiger charge is 2.65. The van der Waals surface area contributed by atoms with E-state index in [-0.39, 0.29) is 23.5 Å². The summed E-state index contributed by atoms with van der Waals surface area (Å²) in [5.41, 5.74) is -2.24. The second kappa shape index (κ2) is 6.38. The Kier molecular flexibility index (Phi) is 3.93. The molecule has 33 heavy (non-hydrogen) atoms. The van der Waals surface area contributed by atoms with Crippen molar-refractivity contribution in [2.75, 3.05) is 5.32 Å². The van der Waals surface area contributed by atoms with E-state index in [4.69, 9.17) is 5.10 Å². The minimum Gasteiger partial charge on any atom is -0.376 e. The zero-order chi connectivity index (χ0) is 23.2. The number of fused-ring (bicyclic) bond motifs is 2. The number of alkyl halides is 3. The number of aryl methyl sites for hydroxylation is 1. The summed E-state index contributed by atoms with van der Waals surface area (Å²) in [5, 5.41) is 27.9. The van der Waals surface area contributed by atoms with Gasteiger partial charge in [-0.25, -0.2) is 0 Å². The van der Waals surface area contributed by atoms with Crippen molar-refractivity contribution >= 4 is 22.4 Å². The van der Waals surface area contributed by atoms with E-state index >= 15 is 0 Å². The zero-order valence-electron chi connectivity index (χ0n) is 17.4. The van der Waals surface area contributed by atoms with Gasteiger partial charge in [0.15, 0.2) is 11.4 Å². The number of nitrogens with zero attached hydrogens (tertiary/aromatic N) is 3. The van der Waals surface area contributed by atoms with E-state index in [0.717, 1.165) is 12.8 Å². The van der Waals surface area contributed by atoms with Gasteiger partial charge in [-0.3, -0.25) is 9.48 Å². The molecule has 0 saturated heterocycles. The summed E-state index contributed by atoms with van der Waals surface area (Å²) < 4.78 is 42.0. The van der Waals surface area contributed by atoms with Crippen molar-refractivity contribution in [1.29, 1.82) is 5.26 Å². The van der Waals surface area contributed by atoms with Crippen LogP contribution in [0.3, 0.4) is 0 Å². The molecular weight excluding hydrogens is 435 g/mol. The lowest BCUT2D eigenvalue weighted by Crippen LogP contribution is -2.40. The van der Waals surface area contributed by atoms with Crippen LogP contribution >= 0.6 is 0 Å². The molecule has 3 unspecified atom stereocenters. The van der Waals surface area contributed by atoms with Gasteiger partial charge in [-0.1, -0.05) is 6.07 Å². The fourth-order valence-electron chi connectivity index (χ4n) is 5.51. The lowest BCUT2D eigenvalue weighted by Gasteiger charge is -2.26. The third kappa shape index (κ3) is 2.72. The van der Waals surface area contributed by atoms with Crippen molar-refractivity contribution in [1.82, 2.24) is 14.8 Å². The van der Waals surface area contributed by atoms with E-state index in [1.807, 2.05) is 0 Å². The van der Waals surface area contributed by atoms with Crippen LogP contribution in [0.25, 0.3) is 10.9 Å². The van der Waals surface area contributed by atoms with Crippen LogP contribution in [0.5, 0.6) is 0 Å². The SMILES string of the molecule is N#CC1CC1(C1CC1)n1nc(Nc2ccc3c(c2)CCC3(O)C(F)(F)F)c2c(=O)[nH]ccc21. The number of anilines is 2. The van der Waals surface area contributed by atoms with E-state index in [2.05, 4.69) is 16.4 Å². The van der Waals surface area contributed by atoms with Gasteiger partial charge in [0.25, 0.3) is 5.56 Å². The van der Waals surface area contributed by atoms with Gasteiger partial charge in [0, 0.05) is 11.9 Å². The monoisotopic (exact) mass is 455 g/mol. The smallest absolute Gasteiger partial charge is 0.376 e. The number of hydrogen-bond acceptors (Lipinski definition) is 5. The molecule has 2 aromatic heterocycles. The molecule has 6 rings (SSSR count). The van der Waals surface area contributed by atoms with Crippen LogP contribution in [-0.4, -0.2) is 26.0 Å². The normalized spacial score (nSPS) is 28.5. The van der Waals surface area contributed by atoms with Crippen LogP contribution in [0.1, 0.15) is 36.8 Å². The highest BCUT2D eigenvalue weighted by atomic mass is 19.4. The fraction of sp³-hybridized carbons (Fsp3) is 0.435. The topological polar surface area (TPSA) is 107 Å². The molecule has 3 atom stereocenters. The average molecular weight is 455 g/mol. The summed E-state index contributed by atoms with van der Waals surface area (Å²) in [4.78, 5) is 15.4. The first-order chi connectivity index (χ1) is 15.7. The number of rotatable bonds is 4. The van der Waals surface area contributed by atoms with Crippen molar-refractivity contribution in [3.63, 3.8) is 0 Å². The Morgan fingerprint density at radius 3 is 2.76 bits per heavy atom. The molecule has 0 spiro atoms. The molecule has 0 aliphatic heterocycles. The van der Waals surface area contributed by atoms with E-state index in [1.165, 1.54) is 12.1 Å². The molecule has 170 valence electrons. The van der Waals surface area contributed by atoms with Crippen molar-refractivity contribution in [3.8, 4) is 6.07 Å². The molecule has 3 aliphatic rings. The minimum absolute atomic E-state index is 0.0886. The van der Waals surface area contributed by atoms with Gasteiger partial charge in [-0.15, -0.1) is 0 Å². The third-order valence-electron chi connectivity index (χ3n) is 7.45. The zero-order valence-corrected chi connectivity index (χ0v) is 17.4. The van der Waals surface area contributed by atoms with Gasteiger partial charge in [-0.2, -0.15) is 23.5 Å². The lowest BCUT2D eigenvalue weighted by molar-refractivity contribution is -0.265. The molecule has 0 radical (unpaired) electrons. The Morgan fingerprint density at radius 2 is 2.09 bits per heavy atom. The molecule has 2 heterocycles. The molecule has 1 aromatic carbocycles. The first-order valence-electron chi connectivity index (χ1n) is 10.9.